The van der Waals surface area contributed by atoms with Crippen LogP contribution in [0.2, 0.25) is 0 Å². The molecule has 108 valence electrons. The molecule has 0 saturated carbocycles. The summed E-state index contributed by atoms with van der Waals surface area (Å²) in [5, 5.41) is 6.10. The molecular weight excluding hydrogens is 262 g/mol. The Morgan fingerprint density at radius 2 is 2.37 bits per heavy atom. The second kappa shape index (κ2) is 6.61. The van der Waals surface area contributed by atoms with Gasteiger partial charge in [0.2, 0.25) is 5.91 Å². The molecule has 2 heterocycles. The lowest BCUT2D eigenvalue weighted by molar-refractivity contribution is -0.134. The molecule has 0 aromatic rings. The van der Waals surface area contributed by atoms with Crippen molar-refractivity contribution in [3.8, 4) is 0 Å². The Balaban J connectivity index is 1.83. The average Bonchev–Trinajstić information content (AvgIpc) is 2.82. The zero-order valence-corrected chi connectivity index (χ0v) is 12.5. The van der Waals surface area contributed by atoms with Crippen LogP contribution in [-0.4, -0.2) is 53.5 Å². The predicted octanol–water partition coefficient (Wildman–Crippen LogP) is 1.05. The van der Waals surface area contributed by atoms with E-state index in [2.05, 4.69) is 24.5 Å². The van der Waals surface area contributed by atoms with Crippen molar-refractivity contribution >= 4 is 22.9 Å². The van der Waals surface area contributed by atoms with Crippen LogP contribution in [-0.2, 0) is 4.79 Å². The third kappa shape index (κ3) is 4.11. The molecular formula is C13H23N3O2S. The molecule has 19 heavy (non-hydrogen) atoms. The summed E-state index contributed by atoms with van der Waals surface area (Å²) in [5.41, 5.74) is 0. The highest BCUT2D eigenvalue weighted by molar-refractivity contribution is 8.14. The van der Waals surface area contributed by atoms with Gasteiger partial charge in [0.25, 0.3) is 5.24 Å². The quantitative estimate of drug-likeness (QED) is 0.810. The van der Waals surface area contributed by atoms with Crippen molar-refractivity contribution in [1.29, 1.82) is 0 Å². The van der Waals surface area contributed by atoms with Gasteiger partial charge in [-0.3, -0.25) is 9.59 Å². The third-order valence-corrected chi connectivity index (χ3v) is 4.50. The predicted molar refractivity (Wildman–Crippen MR) is 77.2 cm³/mol. The van der Waals surface area contributed by atoms with Gasteiger partial charge in [0.15, 0.2) is 0 Å². The minimum absolute atomic E-state index is 0.0756. The summed E-state index contributed by atoms with van der Waals surface area (Å²) >= 11 is 1.20. The number of nitrogens with one attached hydrogen (secondary N) is 2. The Labute approximate surface area is 118 Å². The smallest absolute Gasteiger partial charge is 0.279 e. The topological polar surface area (TPSA) is 61.4 Å². The molecule has 2 aliphatic rings. The number of rotatable bonds is 4. The summed E-state index contributed by atoms with van der Waals surface area (Å²) in [5.74, 6) is 1.20. The van der Waals surface area contributed by atoms with Crippen molar-refractivity contribution in [2.75, 3.05) is 25.4 Å². The van der Waals surface area contributed by atoms with E-state index in [1.54, 1.807) is 0 Å². The maximum Gasteiger partial charge on any atom is 0.279 e. The summed E-state index contributed by atoms with van der Waals surface area (Å²) in [7, 11) is 0. The molecule has 0 radical (unpaired) electrons. The molecule has 2 fully saturated rings. The number of hydrogen-bond acceptors (Lipinski definition) is 4. The molecule has 2 rings (SSSR count). The van der Waals surface area contributed by atoms with Gasteiger partial charge in [-0.15, -0.1) is 0 Å². The monoisotopic (exact) mass is 285 g/mol. The zero-order valence-electron chi connectivity index (χ0n) is 11.6. The lowest BCUT2D eigenvalue weighted by atomic mass is 9.97. The lowest BCUT2D eigenvalue weighted by Crippen LogP contribution is -2.50. The fourth-order valence-electron chi connectivity index (χ4n) is 2.57. The highest BCUT2D eigenvalue weighted by atomic mass is 32.2. The summed E-state index contributed by atoms with van der Waals surface area (Å²) in [6, 6.07) is 0.172. The first kappa shape index (κ1) is 14.7. The van der Waals surface area contributed by atoms with E-state index in [9.17, 15) is 9.59 Å². The maximum absolute atomic E-state index is 12.3. The van der Waals surface area contributed by atoms with Crippen molar-refractivity contribution in [1.82, 2.24) is 15.5 Å². The van der Waals surface area contributed by atoms with Crippen molar-refractivity contribution < 1.29 is 9.59 Å². The Hall–Kier alpha value is -0.750. The Kier molecular flexibility index (Phi) is 5.10. The number of hydrogen-bond donors (Lipinski definition) is 2. The Bertz CT molecular complexity index is 349. The summed E-state index contributed by atoms with van der Waals surface area (Å²) < 4.78 is 0. The van der Waals surface area contributed by atoms with Gasteiger partial charge in [-0.25, -0.2) is 0 Å². The van der Waals surface area contributed by atoms with Crippen molar-refractivity contribution in [3.63, 3.8) is 0 Å². The van der Waals surface area contributed by atoms with E-state index in [4.69, 9.17) is 0 Å². The molecule has 5 nitrogen and oxygen atoms in total. The molecule has 2 saturated heterocycles. The average molecular weight is 285 g/mol. The van der Waals surface area contributed by atoms with Gasteiger partial charge in [-0.1, -0.05) is 25.6 Å². The van der Waals surface area contributed by atoms with Crippen molar-refractivity contribution in [2.24, 2.45) is 5.92 Å². The molecule has 2 unspecified atom stereocenters. The second-order valence-corrected chi connectivity index (χ2v) is 6.64. The van der Waals surface area contributed by atoms with Crippen LogP contribution >= 0.6 is 11.8 Å². The number of carbonyl (C=O) groups excluding carboxylic acids is 2. The number of amides is 2. The SMILES string of the molecule is CC(C)NCC1CCCN(C(=O)C2CSC(=O)N2)C1. The molecule has 0 spiro atoms. The van der Waals surface area contributed by atoms with E-state index in [0.29, 0.717) is 17.7 Å². The van der Waals surface area contributed by atoms with Crippen LogP contribution in [0, 0.1) is 5.92 Å². The number of nitrogens with zero attached hydrogens (tertiary/aromatic N) is 1. The summed E-state index contributed by atoms with van der Waals surface area (Å²) in [6.07, 6.45) is 2.24. The normalized spacial score (nSPS) is 27.7. The fourth-order valence-corrected chi connectivity index (χ4v) is 3.34. The summed E-state index contributed by atoms with van der Waals surface area (Å²) in [6.45, 7) is 6.88. The zero-order chi connectivity index (χ0) is 13.8. The molecule has 0 aromatic heterocycles. The largest absolute Gasteiger partial charge is 0.341 e. The molecule has 0 aromatic carbocycles. The van der Waals surface area contributed by atoms with Gasteiger partial charge < -0.3 is 15.5 Å². The van der Waals surface area contributed by atoms with Crippen LogP contribution in [0.3, 0.4) is 0 Å². The minimum Gasteiger partial charge on any atom is -0.341 e. The number of piperidine rings is 1. The van der Waals surface area contributed by atoms with Crippen molar-refractivity contribution in [3.05, 3.63) is 0 Å². The molecule has 0 bridgehead atoms. The number of thioether (sulfide) groups is 1. The first-order valence-corrected chi connectivity index (χ1v) is 8.00. The third-order valence-electron chi connectivity index (χ3n) is 3.62. The lowest BCUT2D eigenvalue weighted by Gasteiger charge is -2.34. The van der Waals surface area contributed by atoms with Gasteiger partial charge in [0.05, 0.1) is 0 Å². The first-order valence-electron chi connectivity index (χ1n) is 7.01. The van der Waals surface area contributed by atoms with Crippen LogP contribution in [0.5, 0.6) is 0 Å². The van der Waals surface area contributed by atoms with Gasteiger partial charge in [-0.2, -0.15) is 0 Å². The molecule has 2 aliphatic heterocycles. The van der Waals surface area contributed by atoms with Crippen LogP contribution in [0.15, 0.2) is 0 Å². The Morgan fingerprint density at radius 1 is 1.58 bits per heavy atom. The summed E-state index contributed by atoms with van der Waals surface area (Å²) in [4.78, 5) is 25.4. The van der Waals surface area contributed by atoms with E-state index in [1.165, 1.54) is 18.2 Å². The van der Waals surface area contributed by atoms with Crippen molar-refractivity contribution in [2.45, 2.75) is 38.8 Å². The van der Waals surface area contributed by atoms with Gasteiger partial charge >= 0.3 is 0 Å². The van der Waals surface area contributed by atoms with Gasteiger partial charge in [0.1, 0.15) is 6.04 Å². The van der Waals surface area contributed by atoms with E-state index >= 15 is 0 Å². The first-order chi connectivity index (χ1) is 9.06. The van der Waals surface area contributed by atoms with Crippen LogP contribution < -0.4 is 10.6 Å². The van der Waals surface area contributed by atoms with Crippen LogP contribution in [0.1, 0.15) is 26.7 Å². The minimum atomic E-state index is -0.311. The standard InChI is InChI=1S/C13H23N3O2S/c1-9(2)14-6-10-4-3-5-16(7-10)12(17)11-8-19-13(18)15-11/h9-11,14H,3-8H2,1-2H3,(H,15,18). The molecule has 6 heteroatoms. The highest BCUT2D eigenvalue weighted by Gasteiger charge is 2.33. The maximum atomic E-state index is 12.3. The van der Waals surface area contributed by atoms with Crippen LogP contribution in [0.4, 0.5) is 4.79 Å². The number of likely N-dealkylation sites (tertiary alicyclic amines) is 1. The van der Waals surface area contributed by atoms with E-state index in [-0.39, 0.29) is 17.2 Å². The molecule has 0 aliphatic carbocycles. The fraction of sp³-hybridized carbons (Fsp3) is 0.846. The number of carbonyl (C=O) groups is 2. The van der Waals surface area contributed by atoms with Crippen LogP contribution in [0.25, 0.3) is 0 Å². The molecule has 2 amide bonds. The van der Waals surface area contributed by atoms with Gasteiger partial charge in [0, 0.05) is 24.9 Å². The molecule has 2 N–H and O–H groups in total. The van der Waals surface area contributed by atoms with Gasteiger partial charge in [-0.05, 0) is 25.3 Å². The van der Waals surface area contributed by atoms with E-state index < -0.39 is 0 Å². The van der Waals surface area contributed by atoms with E-state index in [0.717, 1.165) is 26.1 Å². The van der Waals surface area contributed by atoms with E-state index in [1.807, 2.05) is 4.90 Å². The second-order valence-electron chi connectivity index (χ2n) is 5.65. The Morgan fingerprint density at radius 3 is 3.00 bits per heavy atom. The molecule has 2 atom stereocenters. The highest BCUT2D eigenvalue weighted by Crippen LogP contribution is 2.20.